The standard InChI is InChI=1S/C12H14FNO3/c1-14-6-5-10(12(14)16)17-11-8(7-15)3-2-4-9(11)13/h2-4,10,15H,5-7H2,1H3. The first-order valence-electron chi connectivity index (χ1n) is 5.43. The number of aliphatic hydroxyl groups excluding tert-OH is 1. The molecule has 0 radical (unpaired) electrons. The van der Waals surface area contributed by atoms with Crippen LogP contribution in [-0.2, 0) is 11.4 Å². The van der Waals surface area contributed by atoms with E-state index in [1.165, 1.54) is 12.1 Å². The average molecular weight is 239 g/mol. The molecule has 0 saturated carbocycles. The van der Waals surface area contributed by atoms with Crippen LogP contribution in [0.5, 0.6) is 5.75 Å². The van der Waals surface area contributed by atoms with Gasteiger partial charge in [-0.25, -0.2) is 4.39 Å². The van der Waals surface area contributed by atoms with E-state index in [0.717, 1.165) is 0 Å². The van der Waals surface area contributed by atoms with E-state index in [1.54, 1.807) is 18.0 Å². The van der Waals surface area contributed by atoms with E-state index in [4.69, 9.17) is 9.84 Å². The molecule has 1 fully saturated rings. The van der Waals surface area contributed by atoms with Crippen molar-refractivity contribution in [1.29, 1.82) is 0 Å². The lowest BCUT2D eigenvalue weighted by atomic mass is 10.2. The molecule has 1 heterocycles. The summed E-state index contributed by atoms with van der Waals surface area (Å²) in [5, 5.41) is 9.09. The predicted octanol–water partition coefficient (Wildman–Crippen LogP) is 0.927. The van der Waals surface area contributed by atoms with Crippen molar-refractivity contribution < 1.29 is 19.0 Å². The lowest BCUT2D eigenvalue weighted by Gasteiger charge is -2.15. The maximum atomic E-state index is 13.6. The number of nitrogens with zero attached hydrogens (tertiary/aromatic N) is 1. The third kappa shape index (κ3) is 2.24. The fraction of sp³-hybridized carbons (Fsp3) is 0.417. The van der Waals surface area contributed by atoms with Crippen LogP contribution in [0.1, 0.15) is 12.0 Å². The number of ether oxygens (including phenoxy) is 1. The molecular formula is C12H14FNO3. The van der Waals surface area contributed by atoms with Gasteiger partial charge in [-0.15, -0.1) is 0 Å². The van der Waals surface area contributed by atoms with E-state index < -0.39 is 11.9 Å². The molecular weight excluding hydrogens is 225 g/mol. The molecule has 5 heteroatoms. The zero-order valence-electron chi connectivity index (χ0n) is 9.52. The number of halogens is 1. The number of likely N-dealkylation sites (N-methyl/N-ethyl adjacent to an activating group) is 1. The second kappa shape index (κ2) is 4.71. The van der Waals surface area contributed by atoms with Gasteiger partial charge < -0.3 is 14.7 Å². The molecule has 17 heavy (non-hydrogen) atoms. The van der Waals surface area contributed by atoms with E-state index in [9.17, 15) is 9.18 Å². The van der Waals surface area contributed by atoms with Crippen LogP contribution >= 0.6 is 0 Å². The smallest absolute Gasteiger partial charge is 0.263 e. The zero-order chi connectivity index (χ0) is 12.4. The Morgan fingerprint density at radius 3 is 2.94 bits per heavy atom. The Hall–Kier alpha value is -1.62. The number of likely N-dealkylation sites (tertiary alicyclic amines) is 1. The first-order valence-corrected chi connectivity index (χ1v) is 5.43. The summed E-state index contributed by atoms with van der Waals surface area (Å²) in [4.78, 5) is 13.2. The maximum Gasteiger partial charge on any atom is 0.263 e. The van der Waals surface area contributed by atoms with Crippen LogP contribution in [0, 0.1) is 5.82 Å². The molecule has 1 unspecified atom stereocenters. The fourth-order valence-corrected chi connectivity index (χ4v) is 1.85. The van der Waals surface area contributed by atoms with Crippen LogP contribution in [0.2, 0.25) is 0 Å². The van der Waals surface area contributed by atoms with Gasteiger partial charge in [0.15, 0.2) is 17.7 Å². The van der Waals surface area contributed by atoms with Gasteiger partial charge >= 0.3 is 0 Å². The first kappa shape index (κ1) is 11.9. The van der Waals surface area contributed by atoms with Crippen LogP contribution in [-0.4, -0.2) is 35.6 Å². The Bertz CT molecular complexity index is 436. The molecule has 1 amide bonds. The third-order valence-corrected chi connectivity index (χ3v) is 2.86. The molecule has 1 atom stereocenters. The number of carbonyl (C=O) groups excluding carboxylic acids is 1. The summed E-state index contributed by atoms with van der Waals surface area (Å²) in [6.07, 6.45) is -0.114. The summed E-state index contributed by atoms with van der Waals surface area (Å²) in [7, 11) is 1.68. The highest BCUT2D eigenvalue weighted by Gasteiger charge is 2.31. The number of carbonyl (C=O) groups is 1. The van der Waals surface area contributed by atoms with E-state index in [-0.39, 0.29) is 18.3 Å². The molecule has 0 aliphatic carbocycles. The number of para-hydroxylation sites is 1. The molecule has 1 saturated heterocycles. The maximum absolute atomic E-state index is 13.6. The van der Waals surface area contributed by atoms with Gasteiger partial charge in [0.2, 0.25) is 0 Å². The SMILES string of the molecule is CN1CCC(Oc2c(F)cccc2CO)C1=O. The van der Waals surface area contributed by atoms with Gasteiger partial charge in [-0.05, 0) is 6.07 Å². The van der Waals surface area contributed by atoms with Gasteiger partial charge in [-0.3, -0.25) is 4.79 Å². The van der Waals surface area contributed by atoms with Crippen LogP contribution in [0.25, 0.3) is 0 Å². The minimum atomic E-state index is -0.651. The van der Waals surface area contributed by atoms with Gasteiger partial charge in [0.1, 0.15) is 0 Å². The molecule has 0 bridgehead atoms. The highest BCUT2D eigenvalue weighted by molar-refractivity contribution is 5.83. The molecule has 4 nitrogen and oxygen atoms in total. The van der Waals surface area contributed by atoms with Crippen molar-refractivity contribution in [3.8, 4) is 5.75 Å². The lowest BCUT2D eigenvalue weighted by molar-refractivity contribution is -0.132. The van der Waals surface area contributed by atoms with Crippen molar-refractivity contribution in [3.63, 3.8) is 0 Å². The van der Waals surface area contributed by atoms with Crippen molar-refractivity contribution in [2.45, 2.75) is 19.1 Å². The summed E-state index contributed by atoms with van der Waals surface area (Å²) < 4.78 is 18.9. The Kier molecular flexibility index (Phi) is 3.28. The molecule has 1 aromatic carbocycles. The molecule has 1 aromatic rings. The molecule has 0 aromatic heterocycles. The molecule has 2 rings (SSSR count). The summed E-state index contributed by atoms with van der Waals surface area (Å²) in [5.41, 5.74) is 0.354. The molecule has 92 valence electrons. The van der Waals surface area contributed by atoms with Crippen molar-refractivity contribution in [2.24, 2.45) is 0 Å². The van der Waals surface area contributed by atoms with Gasteiger partial charge in [0.05, 0.1) is 6.61 Å². The monoisotopic (exact) mass is 239 g/mol. The highest BCUT2D eigenvalue weighted by Crippen LogP contribution is 2.26. The number of benzene rings is 1. The average Bonchev–Trinajstić information content (AvgIpc) is 2.63. The normalized spacial score (nSPS) is 19.8. The third-order valence-electron chi connectivity index (χ3n) is 2.86. The summed E-state index contributed by atoms with van der Waals surface area (Å²) in [6, 6.07) is 4.32. The van der Waals surface area contributed by atoms with Crippen molar-refractivity contribution in [1.82, 2.24) is 4.90 Å². The second-order valence-electron chi connectivity index (χ2n) is 4.04. The Balaban J connectivity index is 2.21. The summed E-state index contributed by atoms with van der Waals surface area (Å²) in [5.74, 6) is -0.736. The minimum Gasteiger partial charge on any atom is -0.477 e. The van der Waals surface area contributed by atoms with Crippen LogP contribution in [0.3, 0.4) is 0 Å². The Morgan fingerprint density at radius 1 is 1.59 bits per heavy atom. The van der Waals surface area contributed by atoms with E-state index in [1.807, 2.05) is 0 Å². The lowest BCUT2D eigenvalue weighted by Crippen LogP contribution is -2.29. The number of rotatable bonds is 3. The second-order valence-corrected chi connectivity index (χ2v) is 4.04. The van der Waals surface area contributed by atoms with Gasteiger partial charge in [0, 0.05) is 25.6 Å². The molecule has 0 spiro atoms. The van der Waals surface area contributed by atoms with Crippen LogP contribution in [0.15, 0.2) is 18.2 Å². The predicted molar refractivity (Wildman–Crippen MR) is 59.0 cm³/mol. The van der Waals surface area contributed by atoms with Crippen LogP contribution < -0.4 is 4.74 Å². The number of hydrogen-bond acceptors (Lipinski definition) is 3. The molecule has 1 aliphatic rings. The summed E-state index contributed by atoms with van der Waals surface area (Å²) >= 11 is 0. The van der Waals surface area contributed by atoms with Crippen LogP contribution in [0.4, 0.5) is 4.39 Å². The number of hydrogen-bond donors (Lipinski definition) is 1. The van der Waals surface area contributed by atoms with Gasteiger partial charge in [-0.2, -0.15) is 0 Å². The minimum absolute atomic E-state index is 0.0244. The van der Waals surface area contributed by atoms with Gasteiger partial charge in [-0.1, -0.05) is 12.1 Å². The quantitative estimate of drug-likeness (QED) is 0.853. The van der Waals surface area contributed by atoms with E-state index in [0.29, 0.717) is 18.5 Å². The molecule has 1 aliphatic heterocycles. The Morgan fingerprint density at radius 2 is 2.35 bits per heavy atom. The number of aliphatic hydroxyl groups is 1. The van der Waals surface area contributed by atoms with Gasteiger partial charge in [0.25, 0.3) is 5.91 Å². The Labute approximate surface area is 98.6 Å². The van der Waals surface area contributed by atoms with Crippen molar-refractivity contribution in [2.75, 3.05) is 13.6 Å². The zero-order valence-corrected chi connectivity index (χ0v) is 9.52. The summed E-state index contributed by atoms with van der Waals surface area (Å²) in [6.45, 7) is 0.288. The largest absolute Gasteiger partial charge is 0.477 e. The van der Waals surface area contributed by atoms with E-state index in [2.05, 4.69) is 0 Å². The van der Waals surface area contributed by atoms with Crippen molar-refractivity contribution >= 4 is 5.91 Å². The number of amides is 1. The first-order chi connectivity index (χ1) is 8.13. The molecule has 1 N–H and O–H groups in total. The van der Waals surface area contributed by atoms with E-state index >= 15 is 0 Å². The highest BCUT2D eigenvalue weighted by atomic mass is 19.1. The topological polar surface area (TPSA) is 49.8 Å². The van der Waals surface area contributed by atoms with Crippen molar-refractivity contribution in [3.05, 3.63) is 29.6 Å². The fourth-order valence-electron chi connectivity index (χ4n) is 1.85.